The van der Waals surface area contributed by atoms with Gasteiger partial charge in [-0.05, 0) is 31.3 Å². The van der Waals surface area contributed by atoms with Gasteiger partial charge in [0.15, 0.2) is 0 Å². The molecule has 0 aromatic carbocycles. The standard InChI is InChI=1S/C17H16N6O/c1-22(11-14-10-19-15-6-2-3-8-23(14)15)12-16-20-17(21-24-16)13-5-4-7-18-9-13/h2-10H,11-12H2,1H3. The van der Waals surface area contributed by atoms with E-state index in [1.165, 1.54) is 0 Å². The van der Waals surface area contributed by atoms with E-state index >= 15 is 0 Å². The summed E-state index contributed by atoms with van der Waals surface area (Å²) >= 11 is 0. The molecule has 0 N–H and O–H groups in total. The van der Waals surface area contributed by atoms with Crippen molar-refractivity contribution in [3.8, 4) is 11.4 Å². The van der Waals surface area contributed by atoms with Gasteiger partial charge in [0, 0.05) is 30.7 Å². The van der Waals surface area contributed by atoms with Crippen molar-refractivity contribution < 1.29 is 4.52 Å². The second kappa shape index (κ2) is 6.21. The van der Waals surface area contributed by atoms with Crippen molar-refractivity contribution in [1.82, 2.24) is 29.4 Å². The number of imidazole rings is 1. The highest BCUT2D eigenvalue weighted by atomic mass is 16.5. The molecule has 0 aliphatic rings. The van der Waals surface area contributed by atoms with Crippen LogP contribution in [0, 0.1) is 0 Å². The van der Waals surface area contributed by atoms with Gasteiger partial charge in [-0.15, -0.1) is 0 Å². The van der Waals surface area contributed by atoms with Gasteiger partial charge in [-0.3, -0.25) is 9.88 Å². The number of pyridine rings is 2. The zero-order valence-corrected chi connectivity index (χ0v) is 13.2. The average Bonchev–Trinajstić information content (AvgIpc) is 3.23. The van der Waals surface area contributed by atoms with Crippen LogP contribution in [0.1, 0.15) is 11.6 Å². The van der Waals surface area contributed by atoms with E-state index < -0.39 is 0 Å². The molecule has 0 amide bonds. The Kier molecular flexibility index (Phi) is 3.76. The zero-order chi connectivity index (χ0) is 16.4. The maximum absolute atomic E-state index is 5.34. The molecule has 4 heterocycles. The lowest BCUT2D eigenvalue weighted by atomic mass is 10.3. The highest BCUT2D eigenvalue weighted by Crippen LogP contribution is 2.15. The summed E-state index contributed by atoms with van der Waals surface area (Å²) in [4.78, 5) is 15.0. The van der Waals surface area contributed by atoms with E-state index in [0.29, 0.717) is 18.3 Å². The largest absolute Gasteiger partial charge is 0.338 e. The Morgan fingerprint density at radius 1 is 1.12 bits per heavy atom. The van der Waals surface area contributed by atoms with E-state index in [2.05, 4.69) is 29.4 Å². The smallest absolute Gasteiger partial charge is 0.241 e. The summed E-state index contributed by atoms with van der Waals surface area (Å²) in [6.45, 7) is 1.29. The second-order valence-corrected chi connectivity index (χ2v) is 5.60. The first-order chi connectivity index (χ1) is 11.8. The quantitative estimate of drug-likeness (QED) is 0.562. The van der Waals surface area contributed by atoms with Crippen LogP contribution < -0.4 is 0 Å². The molecule has 0 aliphatic heterocycles. The molecule has 0 saturated carbocycles. The Balaban J connectivity index is 1.47. The molecule has 0 bridgehead atoms. The molecule has 7 nitrogen and oxygen atoms in total. The summed E-state index contributed by atoms with van der Waals surface area (Å²) < 4.78 is 7.42. The zero-order valence-electron chi connectivity index (χ0n) is 13.2. The minimum absolute atomic E-state index is 0.557. The van der Waals surface area contributed by atoms with E-state index in [-0.39, 0.29) is 0 Å². The van der Waals surface area contributed by atoms with Crippen molar-refractivity contribution in [2.24, 2.45) is 0 Å². The monoisotopic (exact) mass is 320 g/mol. The Hall–Kier alpha value is -3.06. The predicted octanol–water partition coefficient (Wildman–Crippen LogP) is 2.41. The number of nitrogens with zero attached hydrogens (tertiary/aromatic N) is 6. The van der Waals surface area contributed by atoms with Crippen LogP contribution in [0.25, 0.3) is 17.0 Å². The Bertz CT molecular complexity index is 946. The highest BCUT2D eigenvalue weighted by molar-refractivity contribution is 5.51. The van der Waals surface area contributed by atoms with Crippen LogP contribution in [-0.2, 0) is 13.1 Å². The Morgan fingerprint density at radius 3 is 2.96 bits per heavy atom. The van der Waals surface area contributed by atoms with Crippen LogP contribution in [-0.4, -0.2) is 36.5 Å². The molecule has 0 radical (unpaired) electrons. The molecule has 0 fully saturated rings. The first kappa shape index (κ1) is 14.5. The van der Waals surface area contributed by atoms with Gasteiger partial charge in [-0.1, -0.05) is 11.2 Å². The van der Waals surface area contributed by atoms with Crippen LogP contribution in [0.2, 0.25) is 0 Å². The van der Waals surface area contributed by atoms with E-state index in [1.807, 2.05) is 49.8 Å². The number of hydrogen-bond acceptors (Lipinski definition) is 6. The first-order valence-electron chi connectivity index (χ1n) is 7.62. The molecule has 120 valence electrons. The van der Waals surface area contributed by atoms with E-state index in [9.17, 15) is 0 Å². The van der Waals surface area contributed by atoms with Crippen LogP contribution in [0.4, 0.5) is 0 Å². The molecule has 4 aromatic rings. The second-order valence-electron chi connectivity index (χ2n) is 5.60. The normalized spacial score (nSPS) is 11.4. The van der Waals surface area contributed by atoms with Crippen molar-refractivity contribution in [3.63, 3.8) is 0 Å². The van der Waals surface area contributed by atoms with Crippen molar-refractivity contribution in [1.29, 1.82) is 0 Å². The molecular formula is C17H16N6O. The summed E-state index contributed by atoms with van der Waals surface area (Å²) in [6, 6.07) is 9.72. The fraction of sp³-hybridized carbons (Fsp3) is 0.176. The lowest BCUT2D eigenvalue weighted by Crippen LogP contribution is -2.18. The summed E-state index contributed by atoms with van der Waals surface area (Å²) in [5.41, 5.74) is 2.90. The average molecular weight is 320 g/mol. The fourth-order valence-electron chi connectivity index (χ4n) is 2.60. The number of hydrogen-bond donors (Lipinski definition) is 0. The maximum atomic E-state index is 5.34. The molecule has 0 aliphatic carbocycles. The lowest BCUT2D eigenvalue weighted by molar-refractivity contribution is 0.258. The molecule has 0 atom stereocenters. The van der Waals surface area contributed by atoms with Gasteiger partial charge in [0.25, 0.3) is 0 Å². The third kappa shape index (κ3) is 2.89. The topological polar surface area (TPSA) is 72.3 Å². The third-order valence-electron chi connectivity index (χ3n) is 3.72. The molecular weight excluding hydrogens is 304 g/mol. The summed E-state index contributed by atoms with van der Waals surface area (Å²) in [5, 5.41) is 4.02. The van der Waals surface area contributed by atoms with E-state index in [1.54, 1.807) is 12.4 Å². The molecule has 4 rings (SSSR count). The van der Waals surface area contributed by atoms with Gasteiger partial charge >= 0.3 is 0 Å². The number of aromatic nitrogens is 5. The van der Waals surface area contributed by atoms with Crippen LogP contribution in [0.3, 0.4) is 0 Å². The molecule has 0 saturated heterocycles. The summed E-state index contributed by atoms with van der Waals surface area (Å²) in [6.07, 6.45) is 7.34. The van der Waals surface area contributed by atoms with Gasteiger partial charge in [-0.2, -0.15) is 4.98 Å². The Morgan fingerprint density at radius 2 is 2.08 bits per heavy atom. The van der Waals surface area contributed by atoms with Crippen LogP contribution in [0.15, 0.2) is 59.6 Å². The Labute approximate surface area is 138 Å². The SMILES string of the molecule is CN(Cc1nc(-c2cccnc2)no1)Cc1cnc2ccccn12. The van der Waals surface area contributed by atoms with Gasteiger partial charge in [0.05, 0.1) is 18.4 Å². The molecule has 7 heteroatoms. The van der Waals surface area contributed by atoms with Gasteiger partial charge in [0.2, 0.25) is 11.7 Å². The minimum atomic E-state index is 0.557. The molecule has 0 unspecified atom stereocenters. The summed E-state index contributed by atoms with van der Waals surface area (Å²) in [5.74, 6) is 1.13. The lowest BCUT2D eigenvalue weighted by Gasteiger charge is -2.13. The van der Waals surface area contributed by atoms with Crippen LogP contribution >= 0.6 is 0 Å². The third-order valence-corrected chi connectivity index (χ3v) is 3.72. The molecule has 24 heavy (non-hydrogen) atoms. The highest BCUT2D eigenvalue weighted by Gasteiger charge is 2.12. The van der Waals surface area contributed by atoms with Gasteiger partial charge in [0.1, 0.15) is 5.65 Å². The first-order valence-corrected chi connectivity index (χ1v) is 7.62. The summed E-state index contributed by atoms with van der Waals surface area (Å²) in [7, 11) is 2.01. The predicted molar refractivity (Wildman–Crippen MR) is 87.9 cm³/mol. The van der Waals surface area contributed by atoms with Gasteiger partial charge in [-0.25, -0.2) is 4.98 Å². The number of fused-ring (bicyclic) bond motifs is 1. The number of rotatable bonds is 5. The van der Waals surface area contributed by atoms with Crippen LogP contribution in [0.5, 0.6) is 0 Å². The minimum Gasteiger partial charge on any atom is -0.338 e. The maximum Gasteiger partial charge on any atom is 0.241 e. The molecule has 0 spiro atoms. The van der Waals surface area contributed by atoms with Crippen molar-refractivity contribution in [2.45, 2.75) is 13.1 Å². The molecule has 4 aromatic heterocycles. The fourth-order valence-corrected chi connectivity index (χ4v) is 2.60. The van der Waals surface area contributed by atoms with E-state index in [4.69, 9.17) is 4.52 Å². The van der Waals surface area contributed by atoms with E-state index in [0.717, 1.165) is 23.4 Å². The van der Waals surface area contributed by atoms with Gasteiger partial charge < -0.3 is 8.92 Å². The van der Waals surface area contributed by atoms with Crippen molar-refractivity contribution >= 4 is 5.65 Å². The van der Waals surface area contributed by atoms with Crippen molar-refractivity contribution in [3.05, 3.63) is 66.7 Å². The van der Waals surface area contributed by atoms with Crippen molar-refractivity contribution in [2.75, 3.05) is 7.05 Å².